The molecular formula is C28H31ClN2O3S. The number of benzene rings is 3. The summed E-state index contributed by atoms with van der Waals surface area (Å²) in [5, 5.41) is 0.406. The first-order valence-corrected chi connectivity index (χ1v) is 13.9. The van der Waals surface area contributed by atoms with Crippen molar-refractivity contribution in [2.75, 3.05) is 18.0 Å². The third-order valence-corrected chi connectivity index (χ3v) is 8.95. The van der Waals surface area contributed by atoms with E-state index in [2.05, 4.69) is 6.92 Å². The minimum atomic E-state index is -3.58. The SMILES string of the molecule is CCc1ccc(N(C(=O)c2ccccc2Cl)C2CCN(S(=O)(=O)c3ccc(CC)cc3)CC2)cc1. The summed E-state index contributed by atoms with van der Waals surface area (Å²) < 4.78 is 28.0. The number of carbonyl (C=O) groups is 1. The van der Waals surface area contributed by atoms with Crippen molar-refractivity contribution in [2.45, 2.75) is 50.5 Å². The molecule has 184 valence electrons. The van der Waals surface area contributed by atoms with E-state index >= 15 is 0 Å². The number of sulfonamides is 1. The second-order valence-corrected chi connectivity index (χ2v) is 11.2. The molecular weight excluding hydrogens is 480 g/mol. The Morgan fingerprint density at radius 3 is 1.97 bits per heavy atom. The molecule has 0 bridgehead atoms. The molecule has 1 amide bonds. The molecule has 1 aliphatic heterocycles. The van der Waals surface area contributed by atoms with Gasteiger partial charge in [-0.05, 0) is 73.2 Å². The number of rotatable bonds is 7. The van der Waals surface area contributed by atoms with E-state index in [9.17, 15) is 13.2 Å². The van der Waals surface area contributed by atoms with Gasteiger partial charge in [-0.3, -0.25) is 4.79 Å². The minimum Gasteiger partial charge on any atom is -0.305 e. The number of anilines is 1. The highest BCUT2D eigenvalue weighted by molar-refractivity contribution is 7.89. The molecule has 0 atom stereocenters. The zero-order valence-corrected chi connectivity index (χ0v) is 21.7. The van der Waals surface area contributed by atoms with Gasteiger partial charge in [0.25, 0.3) is 5.91 Å². The lowest BCUT2D eigenvalue weighted by molar-refractivity contribution is 0.0968. The second-order valence-electron chi connectivity index (χ2n) is 8.81. The standard InChI is InChI=1S/C28H31ClN2O3S/c1-3-21-9-13-23(14-10-21)31(28(32)26-7-5-6-8-27(26)29)24-17-19-30(20-18-24)35(33,34)25-15-11-22(4-2)12-16-25/h5-16,24H,3-4,17-20H2,1-2H3. The zero-order chi connectivity index (χ0) is 25.0. The van der Waals surface area contributed by atoms with Crippen LogP contribution in [0, 0.1) is 0 Å². The van der Waals surface area contributed by atoms with E-state index in [1.807, 2.05) is 43.3 Å². The molecule has 3 aromatic rings. The summed E-state index contributed by atoms with van der Waals surface area (Å²) in [7, 11) is -3.58. The monoisotopic (exact) mass is 510 g/mol. The summed E-state index contributed by atoms with van der Waals surface area (Å²) in [6.07, 6.45) is 2.85. The van der Waals surface area contributed by atoms with Crippen LogP contribution in [0.4, 0.5) is 5.69 Å². The topological polar surface area (TPSA) is 57.7 Å². The Hall–Kier alpha value is -2.67. The van der Waals surface area contributed by atoms with Gasteiger partial charge in [0, 0.05) is 24.8 Å². The molecule has 0 aromatic heterocycles. The molecule has 0 spiro atoms. The largest absolute Gasteiger partial charge is 0.305 e. The van der Waals surface area contributed by atoms with E-state index in [1.54, 1.807) is 41.3 Å². The fraction of sp³-hybridized carbons (Fsp3) is 0.321. The fourth-order valence-corrected chi connectivity index (χ4v) is 6.22. The van der Waals surface area contributed by atoms with Gasteiger partial charge in [-0.25, -0.2) is 8.42 Å². The van der Waals surface area contributed by atoms with Crippen LogP contribution in [0.15, 0.2) is 77.7 Å². The molecule has 1 fully saturated rings. The number of hydrogen-bond donors (Lipinski definition) is 0. The molecule has 7 heteroatoms. The van der Waals surface area contributed by atoms with Gasteiger partial charge < -0.3 is 4.90 Å². The summed E-state index contributed by atoms with van der Waals surface area (Å²) in [5.41, 5.74) is 3.53. The van der Waals surface area contributed by atoms with Gasteiger partial charge in [-0.15, -0.1) is 0 Å². The van der Waals surface area contributed by atoms with Crippen molar-refractivity contribution in [1.82, 2.24) is 4.31 Å². The minimum absolute atomic E-state index is 0.139. The Bertz CT molecular complexity index is 1270. The predicted molar refractivity (Wildman–Crippen MR) is 142 cm³/mol. The maximum atomic E-state index is 13.7. The average molecular weight is 511 g/mol. The number of aryl methyl sites for hydroxylation is 2. The molecule has 0 radical (unpaired) electrons. The first-order chi connectivity index (χ1) is 16.8. The molecule has 1 aliphatic rings. The van der Waals surface area contributed by atoms with Crippen molar-refractivity contribution < 1.29 is 13.2 Å². The number of halogens is 1. The molecule has 3 aromatic carbocycles. The summed E-state index contributed by atoms with van der Waals surface area (Å²) in [6, 6.07) is 22.0. The van der Waals surface area contributed by atoms with Crippen LogP contribution in [0.2, 0.25) is 5.02 Å². The Morgan fingerprint density at radius 1 is 0.886 bits per heavy atom. The first-order valence-electron chi connectivity index (χ1n) is 12.1. The molecule has 1 saturated heterocycles. The van der Waals surface area contributed by atoms with Gasteiger partial charge in [0.1, 0.15) is 0 Å². The average Bonchev–Trinajstić information content (AvgIpc) is 2.90. The highest BCUT2D eigenvalue weighted by atomic mass is 35.5. The molecule has 4 rings (SSSR count). The molecule has 5 nitrogen and oxygen atoms in total. The van der Waals surface area contributed by atoms with Crippen LogP contribution < -0.4 is 4.90 Å². The van der Waals surface area contributed by atoms with E-state index in [0.717, 1.165) is 24.1 Å². The molecule has 35 heavy (non-hydrogen) atoms. The smallest absolute Gasteiger partial charge is 0.260 e. The Balaban J connectivity index is 1.58. The maximum absolute atomic E-state index is 13.7. The van der Waals surface area contributed by atoms with Crippen molar-refractivity contribution >= 4 is 33.2 Å². The molecule has 0 aliphatic carbocycles. The van der Waals surface area contributed by atoms with Crippen molar-refractivity contribution in [3.8, 4) is 0 Å². The van der Waals surface area contributed by atoms with Gasteiger partial charge in [-0.2, -0.15) is 4.31 Å². The van der Waals surface area contributed by atoms with Crippen molar-refractivity contribution in [1.29, 1.82) is 0 Å². The van der Waals surface area contributed by atoms with Crippen LogP contribution in [0.1, 0.15) is 48.2 Å². The highest BCUT2D eigenvalue weighted by Gasteiger charge is 2.34. The lowest BCUT2D eigenvalue weighted by atomic mass is 10.0. The van der Waals surface area contributed by atoms with Gasteiger partial charge in [0.05, 0.1) is 15.5 Å². The summed E-state index contributed by atoms with van der Waals surface area (Å²) in [5.74, 6) is -0.170. The number of carbonyl (C=O) groups excluding carboxylic acids is 1. The van der Waals surface area contributed by atoms with E-state index in [0.29, 0.717) is 41.4 Å². The van der Waals surface area contributed by atoms with E-state index in [1.165, 1.54) is 9.87 Å². The van der Waals surface area contributed by atoms with Crippen molar-refractivity contribution in [3.05, 3.63) is 94.5 Å². The third-order valence-electron chi connectivity index (χ3n) is 6.70. The van der Waals surface area contributed by atoms with Gasteiger partial charge in [0.15, 0.2) is 0 Å². The van der Waals surface area contributed by atoms with Crippen LogP contribution in [0.3, 0.4) is 0 Å². The molecule has 0 unspecified atom stereocenters. The fourth-order valence-electron chi connectivity index (χ4n) is 4.54. The number of piperidine rings is 1. The highest BCUT2D eigenvalue weighted by Crippen LogP contribution is 2.30. The lowest BCUT2D eigenvalue weighted by Crippen LogP contribution is -2.49. The maximum Gasteiger partial charge on any atom is 0.260 e. The molecule has 0 N–H and O–H groups in total. The Kier molecular flexibility index (Phi) is 7.95. The Labute approximate surface area is 213 Å². The van der Waals surface area contributed by atoms with Crippen molar-refractivity contribution in [3.63, 3.8) is 0 Å². The number of amides is 1. The van der Waals surface area contributed by atoms with Gasteiger partial charge >= 0.3 is 0 Å². The number of hydrogen-bond acceptors (Lipinski definition) is 3. The van der Waals surface area contributed by atoms with Crippen molar-refractivity contribution in [2.24, 2.45) is 0 Å². The lowest BCUT2D eigenvalue weighted by Gasteiger charge is -2.38. The second kappa shape index (κ2) is 10.9. The van der Waals surface area contributed by atoms with Crippen LogP contribution in [0.5, 0.6) is 0 Å². The van der Waals surface area contributed by atoms with Crippen LogP contribution in [-0.2, 0) is 22.9 Å². The Morgan fingerprint density at radius 2 is 1.43 bits per heavy atom. The van der Waals surface area contributed by atoms with E-state index in [-0.39, 0.29) is 11.9 Å². The number of nitrogens with zero attached hydrogens (tertiary/aromatic N) is 2. The summed E-state index contributed by atoms with van der Waals surface area (Å²) >= 11 is 6.37. The molecule has 1 heterocycles. The van der Waals surface area contributed by atoms with Gasteiger partial charge in [-0.1, -0.05) is 61.8 Å². The quantitative estimate of drug-likeness (QED) is 0.393. The predicted octanol–water partition coefficient (Wildman–Crippen LogP) is 5.96. The van der Waals surface area contributed by atoms with Gasteiger partial charge in [0.2, 0.25) is 10.0 Å². The summed E-state index contributed by atoms with van der Waals surface area (Å²) in [6.45, 7) is 4.83. The third kappa shape index (κ3) is 5.45. The van der Waals surface area contributed by atoms with E-state index < -0.39 is 10.0 Å². The molecule has 0 saturated carbocycles. The van der Waals surface area contributed by atoms with Crippen LogP contribution >= 0.6 is 11.6 Å². The van der Waals surface area contributed by atoms with Crippen LogP contribution in [-0.4, -0.2) is 37.8 Å². The van der Waals surface area contributed by atoms with E-state index in [4.69, 9.17) is 11.6 Å². The zero-order valence-electron chi connectivity index (χ0n) is 20.2. The normalized spacial score (nSPS) is 15.2. The van der Waals surface area contributed by atoms with Crippen LogP contribution in [0.25, 0.3) is 0 Å². The summed E-state index contributed by atoms with van der Waals surface area (Å²) in [4.78, 5) is 15.8. The first kappa shape index (κ1) is 25.4.